The van der Waals surface area contributed by atoms with Gasteiger partial charge in [0.25, 0.3) is 0 Å². The minimum atomic E-state index is -4.64. The molecule has 0 bridgehead atoms. The first kappa shape index (κ1) is 14.2. The minimum absolute atomic E-state index is 0.135. The monoisotopic (exact) mass is 308 g/mol. The molecule has 1 N–H and O–H groups in total. The molecular weight excluding hydrogens is 297 g/mol. The molecule has 2 aromatic carbocycles. The Morgan fingerprint density at radius 1 is 1.14 bits per heavy atom. The van der Waals surface area contributed by atoms with Crippen molar-refractivity contribution in [3.05, 3.63) is 48.3 Å². The highest BCUT2D eigenvalue weighted by molar-refractivity contribution is 5.80. The zero-order valence-electron chi connectivity index (χ0n) is 11.4. The molecule has 1 heterocycles. The van der Waals surface area contributed by atoms with Crippen molar-refractivity contribution in [3.63, 3.8) is 0 Å². The third kappa shape index (κ3) is 2.24. The molecule has 0 spiro atoms. The van der Waals surface area contributed by atoms with Gasteiger partial charge < -0.3 is 9.84 Å². The zero-order chi connectivity index (χ0) is 15.9. The Morgan fingerprint density at radius 2 is 1.86 bits per heavy atom. The first-order valence-corrected chi connectivity index (χ1v) is 6.34. The lowest BCUT2D eigenvalue weighted by Gasteiger charge is -2.14. The van der Waals surface area contributed by atoms with Crippen LogP contribution in [0.4, 0.5) is 13.2 Å². The fourth-order valence-electron chi connectivity index (χ4n) is 2.31. The van der Waals surface area contributed by atoms with Crippen molar-refractivity contribution >= 4 is 11.0 Å². The molecule has 114 valence electrons. The van der Waals surface area contributed by atoms with E-state index in [4.69, 9.17) is 4.74 Å². The van der Waals surface area contributed by atoms with E-state index in [1.54, 1.807) is 18.2 Å². The van der Waals surface area contributed by atoms with Crippen LogP contribution in [0, 0.1) is 0 Å². The van der Waals surface area contributed by atoms with Gasteiger partial charge in [-0.1, -0.05) is 12.1 Å². The van der Waals surface area contributed by atoms with Crippen LogP contribution < -0.4 is 4.74 Å². The van der Waals surface area contributed by atoms with Gasteiger partial charge in [0.2, 0.25) is 5.82 Å². The molecule has 0 atom stereocenters. The van der Waals surface area contributed by atoms with Crippen LogP contribution in [0.3, 0.4) is 0 Å². The lowest BCUT2D eigenvalue weighted by Crippen LogP contribution is -2.14. The van der Waals surface area contributed by atoms with Gasteiger partial charge in [-0.3, -0.25) is 4.57 Å². The number of para-hydroxylation sites is 2. The summed E-state index contributed by atoms with van der Waals surface area (Å²) in [7, 11) is 1.38. The predicted molar refractivity (Wildman–Crippen MR) is 74.3 cm³/mol. The minimum Gasteiger partial charge on any atom is -0.508 e. The number of phenols is 1. The lowest BCUT2D eigenvalue weighted by atomic mass is 10.2. The molecular formula is C15H11F3N2O2. The van der Waals surface area contributed by atoms with Gasteiger partial charge in [-0.2, -0.15) is 13.2 Å². The molecule has 22 heavy (non-hydrogen) atoms. The summed E-state index contributed by atoms with van der Waals surface area (Å²) in [6.07, 6.45) is -4.64. The number of aromatic hydroxyl groups is 1. The number of hydrogen-bond acceptors (Lipinski definition) is 3. The molecule has 0 fully saturated rings. The number of hydrogen-bond donors (Lipinski definition) is 1. The highest BCUT2D eigenvalue weighted by Gasteiger charge is 2.38. The number of methoxy groups -OCH3 is 1. The van der Waals surface area contributed by atoms with Gasteiger partial charge in [0.1, 0.15) is 11.5 Å². The number of rotatable bonds is 2. The molecule has 0 aliphatic heterocycles. The molecule has 4 nitrogen and oxygen atoms in total. The average Bonchev–Trinajstić information content (AvgIpc) is 2.85. The largest absolute Gasteiger partial charge is 0.508 e. The van der Waals surface area contributed by atoms with Crippen LogP contribution in [0.2, 0.25) is 0 Å². The summed E-state index contributed by atoms with van der Waals surface area (Å²) in [5.74, 6) is -0.939. The second kappa shape index (κ2) is 4.94. The summed E-state index contributed by atoms with van der Waals surface area (Å²) in [6, 6.07) is 10.2. The SMILES string of the molecule is COc1ccccc1-n1c(C(F)(F)F)nc2ccc(O)cc21. The summed E-state index contributed by atoms with van der Waals surface area (Å²) in [4.78, 5) is 3.65. The number of alkyl halides is 3. The topological polar surface area (TPSA) is 47.3 Å². The number of imidazole rings is 1. The van der Waals surface area contributed by atoms with Gasteiger partial charge in [-0.05, 0) is 24.3 Å². The summed E-state index contributed by atoms with van der Waals surface area (Å²) in [5.41, 5.74) is 0.485. The predicted octanol–water partition coefficient (Wildman–Crippen LogP) is 3.76. The van der Waals surface area contributed by atoms with E-state index in [1.807, 2.05) is 0 Å². The van der Waals surface area contributed by atoms with Gasteiger partial charge >= 0.3 is 6.18 Å². The van der Waals surface area contributed by atoms with Crippen molar-refractivity contribution in [3.8, 4) is 17.2 Å². The summed E-state index contributed by atoms with van der Waals surface area (Å²) >= 11 is 0. The maximum atomic E-state index is 13.3. The van der Waals surface area contributed by atoms with E-state index in [1.165, 1.54) is 31.4 Å². The number of benzene rings is 2. The Hall–Kier alpha value is -2.70. The smallest absolute Gasteiger partial charge is 0.450 e. The highest BCUT2D eigenvalue weighted by atomic mass is 19.4. The van der Waals surface area contributed by atoms with Crippen LogP contribution in [-0.4, -0.2) is 21.8 Å². The number of halogens is 3. The standard InChI is InChI=1S/C15H11F3N2O2/c1-22-13-5-3-2-4-11(13)20-12-8-9(21)6-7-10(12)19-14(20)15(16,17)18/h2-8,21H,1H3. The number of aromatic nitrogens is 2. The van der Waals surface area contributed by atoms with Crippen molar-refractivity contribution in [1.29, 1.82) is 0 Å². The van der Waals surface area contributed by atoms with Gasteiger partial charge in [-0.15, -0.1) is 0 Å². The van der Waals surface area contributed by atoms with Gasteiger partial charge in [-0.25, -0.2) is 4.98 Å². The maximum absolute atomic E-state index is 13.3. The Bertz CT molecular complexity index is 840. The van der Waals surface area contributed by atoms with Crippen LogP contribution in [0.15, 0.2) is 42.5 Å². The zero-order valence-corrected chi connectivity index (χ0v) is 11.4. The third-order valence-corrected chi connectivity index (χ3v) is 3.22. The van der Waals surface area contributed by atoms with Crippen molar-refractivity contribution < 1.29 is 23.0 Å². The van der Waals surface area contributed by atoms with Crippen LogP contribution in [0.1, 0.15) is 5.82 Å². The van der Waals surface area contributed by atoms with E-state index < -0.39 is 12.0 Å². The van der Waals surface area contributed by atoms with Gasteiger partial charge in [0, 0.05) is 6.07 Å². The Kier molecular flexibility index (Phi) is 3.20. The van der Waals surface area contributed by atoms with E-state index in [-0.39, 0.29) is 28.2 Å². The first-order chi connectivity index (χ1) is 10.4. The average molecular weight is 308 g/mol. The molecule has 3 rings (SSSR count). The van der Waals surface area contributed by atoms with Crippen molar-refractivity contribution in [2.75, 3.05) is 7.11 Å². The lowest BCUT2D eigenvalue weighted by molar-refractivity contribution is -0.145. The molecule has 1 aromatic heterocycles. The number of fused-ring (bicyclic) bond motifs is 1. The maximum Gasteiger partial charge on any atom is 0.450 e. The first-order valence-electron chi connectivity index (χ1n) is 6.34. The van der Waals surface area contributed by atoms with Gasteiger partial charge in [0.05, 0.1) is 23.8 Å². The number of phenolic OH excluding ortho intramolecular Hbond substituents is 1. The molecule has 0 saturated heterocycles. The Labute approximate surface area is 123 Å². The molecule has 0 radical (unpaired) electrons. The van der Waals surface area contributed by atoms with E-state index in [0.29, 0.717) is 0 Å². The molecule has 0 unspecified atom stereocenters. The van der Waals surface area contributed by atoms with Gasteiger partial charge in [0.15, 0.2) is 0 Å². The van der Waals surface area contributed by atoms with Crippen LogP contribution in [0.5, 0.6) is 11.5 Å². The van der Waals surface area contributed by atoms with Crippen LogP contribution in [-0.2, 0) is 6.18 Å². The fraction of sp³-hybridized carbons (Fsp3) is 0.133. The summed E-state index contributed by atoms with van der Waals surface area (Å²) < 4.78 is 46.0. The Balaban J connectivity index is 2.42. The number of ether oxygens (including phenoxy) is 1. The van der Waals surface area contributed by atoms with E-state index in [2.05, 4.69) is 4.98 Å². The van der Waals surface area contributed by atoms with E-state index >= 15 is 0 Å². The van der Waals surface area contributed by atoms with E-state index in [0.717, 1.165) is 4.57 Å². The molecule has 7 heteroatoms. The molecule has 0 aliphatic carbocycles. The molecule has 3 aromatic rings. The van der Waals surface area contributed by atoms with E-state index in [9.17, 15) is 18.3 Å². The van der Waals surface area contributed by atoms with Crippen LogP contribution in [0.25, 0.3) is 16.7 Å². The summed E-state index contributed by atoms with van der Waals surface area (Å²) in [5, 5.41) is 9.59. The second-order valence-electron chi connectivity index (χ2n) is 4.61. The third-order valence-electron chi connectivity index (χ3n) is 3.22. The normalized spacial score (nSPS) is 11.8. The molecule has 0 aliphatic rings. The quantitative estimate of drug-likeness (QED) is 0.784. The number of nitrogens with zero attached hydrogens (tertiary/aromatic N) is 2. The van der Waals surface area contributed by atoms with Crippen molar-refractivity contribution in [2.45, 2.75) is 6.18 Å². The van der Waals surface area contributed by atoms with Crippen LogP contribution >= 0.6 is 0 Å². The van der Waals surface area contributed by atoms with Crippen molar-refractivity contribution in [2.24, 2.45) is 0 Å². The highest BCUT2D eigenvalue weighted by Crippen LogP contribution is 2.37. The molecule has 0 saturated carbocycles. The molecule has 0 amide bonds. The fourth-order valence-corrected chi connectivity index (χ4v) is 2.31. The summed E-state index contributed by atoms with van der Waals surface area (Å²) in [6.45, 7) is 0. The Morgan fingerprint density at radius 3 is 2.55 bits per heavy atom. The van der Waals surface area contributed by atoms with Crippen molar-refractivity contribution in [1.82, 2.24) is 9.55 Å². The second-order valence-corrected chi connectivity index (χ2v) is 4.61.